The minimum Gasteiger partial charge on any atom is -0.355 e. The smallest absolute Gasteiger partial charge is 0.140 e. The third-order valence-corrected chi connectivity index (χ3v) is 4.36. The van der Waals surface area contributed by atoms with Gasteiger partial charge in [-0.1, -0.05) is 18.2 Å². The number of benzene rings is 1. The van der Waals surface area contributed by atoms with Crippen molar-refractivity contribution >= 4 is 29.3 Å². The van der Waals surface area contributed by atoms with Gasteiger partial charge in [0.2, 0.25) is 0 Å². The zero-order valence-corrected chi connectivity index (χ0v) is 13.8. The summed E-state index contributed by atoms with van der Waals surface area (Å²) in [5, 5.41) is 3.40. The Hall–Kier alpha value is -2.11. The number of nitrogens with zero attached hydrogens (tertiary/aromatic N) is 4. The van der Waals surface area contributed by atoms with Gasteiger partial charge in [0, 0.05) is 19.6 Å². The van der Waals surface area contributed by atoms with Gasteiger partial charge in [-0.25, -0.2) is 9.97 Å². The van der Waals surface area contributed by atoms with Crippen LogP contribution in [0.2, 0.25) is 0 Å². The zero-order chi connectivity index (χ0) is 14.9. The monoisotopic (exact) mass is 329 g/mol. The van der Waals surface area contributed by atoms with Gasteiger partial charge < -0.3 is 10.2 Å². The van der Waals surface area contributed by atoms with Crippen LogP contribution < -0.4 is 10.2 Å². The average Bonchev–Trinajstić information content (AvgIpc) is 3.24. The van der Waals surface area contributed by atoms with Crippen LogP contribution in [0.1, 0.15) is 6.42 Å². The van der Waals surface area contributed by atoms with Crippen LogP contribution in [-0.2, 0) is 0 Å². The Balaban J connectivity index is 0.00000156. The summed E-state index contributed by atoms with van der Waals surface area (Å²) in [5.74, 6) is 1.91. The second-order valence-corrected chi connectivity index (χ2v) is 5.71. The highest BCUT2D eigenvalue weighted by Crippen LogP contribution is 2.20. The molecule has 1 aliphatic rings. The maximum absolute atomic E-state index is 4.83. The van der Waals surface area contributed by atoms with Crippen molar-refractivity contribution in [3.63, 3.8) is 0 Å². The normalized spacial score (nSPS) is 17.2. The molecule has 3 heterocycles. The van der Waals surface area contributed by atoms with Crippen LogP contribution in [0.4, 0.5) is 5.82 Å². The number of hydrogen-bond acceptors (Lipinski definition) is 4. The van der Waals surface area contributed by atoms with Crippen molar-refractivity contribution in [3.8, 4) is 5.82 Å². The zero-order valence-electron chi connectivity index (χ0n) is 13.0. The molecule has 0 aliphatic carbocycles. The molecule has 1 unspecified atom stereocenters. The molecule has 0 amide bonds. The molecule has 1 saturated heterocycles. The third kappa shape index (κ3) is 2.90. The standard InChI is InChI=1S/C17H19N5.ClH/c1-21(13-9-10-18-11-13)16-7-4-8-17(20-16)22-12-19-14-5-2-3-6-15(14)22;/h2-8,12-13,18H,9-11H2,1H3;1H. The molecule has 23 heavy (non-hydrogen) atoms. The van der Waals surface area contributed by atoms with Crippen LogP contribution in [0.5, 0.6) is 0 Å². The van der Waals surface area contributed by atoms with E-state index >= 15 is 0 Å². The molecule has 6 heteroatoms. The number of imidazole rings is 1. The van der Waals surface area contributed by atoms with E-state index in [9.17, 15) is 0 Å². The Kier molecular flexibility index (Phi) is 4.50. The first-order chi connectivity index (χ1) is 10.8. The second kappa shape index (κ2) is 6.56. The van der Waals surface area contributed by atoms with E-state index in [-0.39, 0.29) is 12.4 Å². The molecular formula is C17H20ClN5. The Morgan fingerprint density at radius 2 is 2.04 bits per heavy atom. The summed E-state index contributed by atoms with van der Waals surface area (Å²) in [7, 11) is 2.12. The summed E-state index contributed by atoms with van der Waals surface area (Å²) >= 11 is 0. The highest BCUT2D eigenvalue weighted by atomic mass is 35.5. The molecule has 2 aromatic heterocycles. The molecule has 0 saturated carbocycles. The van der Waals surface area contributed by atoms with Gasteiger partial charge in [0.15, 0.2) is 0 Å². The lowest BCUT2D eigenvalue weighted by Gasteiger charge is -2.25. The molecule has 120 valence electrons. The van der Waals surface area contributed by atoms with Gasteiger partial charge in [0.05, 0.1) is 11.0 Å². The SMILES string of the molecule is CN(c1cccc(-n2cnc3ccccc32)n1)C1CCNC1.Cl. The summed E-state index contributed by atoms with van der Waals surface area (Å²) in [4.78, 5) is 11.5. The molecule has 1 fully saturated rings. The minimum atomic E-state index is 0. The Morgan fingerprint density at radius 3 is 2.87 bits per heavy atom. The lowest BCUT2D eigenvalue weighted by Crippen LogP contribution is -2.34. The van der Waals surface area contributed by atoms with Crippen molar-refractivity contribution < 1.29 is 0 Å². The van der Waals surface area contributed by atoms with Crippen molar-refractivity contribution in [1.29, 1.82) is 0 Å². The van der Waals surface area contributed by atoms with Gasteiger partial charge in [-0.05, 0) is 37.2 Å². The van der Waals surface area contributed by atoms with Crippen LogP contribution in [0.25, 0.3) is 16.9 Å². The second-order valence-electron chi connectivity index (χ2n) is 5.71. The van der Waals surface area contributed by atoms with Gasteiger partial charge in [-0.2, -0.15) is 0 Å². The lowest BCUT2D eigenvalue weighted by atomic mass is 10.2. The van der Waals surface area contributed by atoms with Crippen LogP contribution in [-0.4, -0.2) is 40.7 Å². The van der Waals surface area contributed by atoms with E-state index in [1.54, 1.807) is 0 Å². The number of fused-ring (bicyclic) bond motifs is 1. The van der Waals surface area contributed by atoms with Crippen LogP contribution in [0.15, 0.2) is 48.8 Å². The minimum absolute atomic E-state index is 0. The van der Waals surface area contributed by atoms with Crippen molar-refractivity contribution in [1.82, 2.24) is 19.9 Å². The number of para-hydroxylation sites is 2. The molecule has 0 bridgehead atoms. The number of halogens is 1. The number of aromatic nitrogens is 3. The maximum atomic E-state index is 4.83. The van der Waals surface area contributed by atoms with E-state index in [4.69, 9.17) is 4.98 Å². The largest absolute Gasteiger partial charge is 0.355 e. The molecule has 3 aromatic rings. The summed E-state index contributed by atoms with van der Waals surface area (Å²) in [6, 6.07) is 14.8. The van der Waals surface area contributed by atoms with E-state index in [0.717, 1.165) is 42.2 Å². The van der Waals surface area contributed by atoms with Gasteiger partial charge in [0.25, 0.3) is 0 Å². The number of nitrogens with one attached hydrogen (secondary N) is 1. The molecule has 0 radical (unpaired) electrons. The Bertz CT molecular complexity index is 794. The van der Waals surface area contributed by atoms with Crippen molar-refractivity contribution in [3.05, 3.63) is 48.8 Å². The molecule has 1 aliphatic heterocycles. The highest BCUT2D eigenvalue weighted by Gasteiger charge is 2.20. The topological polar surface area (TPSA) is 46.0 Å². The molecule has 1 aromatic carbocycles. The summed E-state index contributed by atoms with van der Waals surface area (Å²) < 4.78 is 2.04. The van der Waals surface area contributed by atoms with E-state index in [1.165, 1.54) is 0 Å². The van der Waals surface area contributed by atoms with Gasteiger partial charge >= 0.3 is 0 Å². The predicted octanol–water partition coefficient (Wildman–Crippen LogP) is 2.64. The van der Waals surface area contributed by atoms with E-state index in [0.29, 0.717) is 6.04 Å². The first kappa shape index (κ1) is 15.8. The fourth-order valence-corrected chi connectivity index (χ4v) is 3.04. The van der Waals surface area contributed by atoms with Crippen molar-refractivity contribution in [2.24, 2.45) is 0 Å². The van der Waals surface area contributed by atoms with Gasteiger partial charge in [-0.3, -0.25) is 4.57 Å². The number of anilines is 1. The third-order valence-electron chi connectivity index (χ3n) is 4.36. The quantitative estimate of drug-likeness (QED) is 0.802. The first-order valence-electron chi connectivity index (χ1n) is 7.66. The molecule has 5 nitrogen and oxygen atoms in total. The van der Waals surface area contributed by atoms with Gasteiger partial charge in [-0.15, -0.1) is 12.4 Å². The van der Waals surface area contributed by atoms with E-state index < -0.39 is 0 Å². The summed E-state index contributed by atoms with van der Waals surface area (Å²) in [6.07, 6.45) is 3.00. The van der Waals surface area contributed by atoms with Crippen LogP contribution >= 0.6 is 12.4 Å². The lowest BCUT2D eigenvalue weighted by molar-refractivity contribution is 0.677. The van der Waals surface area contributed by atoms with Gasteiger partial charge in [0.1, 0.15) is 18.0 Å². The number of likely N-dealkylation sites (N-methyl/N-ethyl adjacent to an activating group) is 1. The molecule has 1 N–H and O–H groups in total. The molecule has 0 spiro atoms. The summed E-state index contributed by atoms with van der Waals surface area (Å²) in [6.45, 7) is 2.11. The fraction of sp³-hybridized carbons (Fsp3) is 0.294. The average molecular weight is 330 g/mol. The number of rotatable bonds is 3. The number of pyridine rings is 1. The number of hydrogen-bond donors (Lipinski definition) is 1. The van der Waals surface area contributed by atoms with Crippen molar-refractivity contribution in [2.45, 2.75) is 12.5 Å². The Labute approximate surface area is 141 Å². The highest BCUT2D eigenvalue weighted by molar-refractivity contribution is 5.85. The van der Waals surface area contributed by atoms with E-state index in [2.05, 4.69) is 40.4 Å². The van der Waals surface area contributed by atoms with Crippen molar-refractivity contribution in [2.75, 3.05) is 25.0 Å². The molecule has 1 atom stereocenters. The molecular weight excluding hydrogens is 310 g/mol. The first-order valence-corrected chi connectivity index (χ1v) is 7.66. The van der Waals surface area contributed by atoms with Crippen LogP contribution in [0, 0.1) is 0 Å². The Morgan fingerprint density at radius 1 is 1.17 bits per heavy atom. The molecule has 4 rings (SSSR count). The predicted molar refractivity (Wildman–Crippen MR) is 95.8 cm³/mol. The fourth-order valence-electron chi connectivity index (χ4n) is 3.04. The maximum Gasteiger partial charge on any atom is 0.140 e. The summed E-state index contributed by atoms with van der Waals surface area (Å²) in [5.41, 5.74) is 2.07. The van der Waals surface area contributed by atoms with Crippen LogP contribution in [0.3, 0.4) is 0 Å². The van der Waals surface area contributed by atoms with E-state index in [1.807, 2.05) is 35.2 Å².